The van der Waals surface area contributed by atoms with Gasteiger partial charge in [0.1, 0.15) is 5.60 Å². The molecule has 0 unspecified atom stereocenters. The van der Waals surface area contributed by atoms with Crippen molar-refractivity contribution >= 4 is 28.7 Å². The van der Waals surface area contributed by atoms with Crippen molar-refractivity contribution < 1.29 is 9.53 Å². The van der Waals surface area contributed by atoms with Gasteiger partial charge in [-0.1, -0.05) is 12.1 Å². The third-order valence-electron chi connectivity index (χ3n) is 3.66. The monoisotopic (exact) mass is 416 g/mol. The summed E-state index contributed by atoms with van der Waals surface area (Å²) in [5.74, 6) is 0. The SMILES string of the molecule is C[C@@H]1CN(Cc2ccc(I)cc2)CCN1C(=O)OC(C)(C)C. The minimum absolute atomic E-state index is 0.174. The molecule has 1 heterocycles. The van der Waals surface area contributed by atoms with Gasteiger partial charge in [-0.15, -0.1) is 0 Å². The molecule has 22 heavy (non-hydrogen) atoms. The molecule has 122 valence electrons. The minimum Gasteiger partial charge on any atom is -0.444 e. The summed E-state index contributed by atoms with van der Waals surface area (Å²) in [6.45, 7) is 11.2. The lowest BCUT2D eigenvalue weighted by molar-refractivity contribution is 0.000563. The molecule has 1 aromatic carbocycles. The van der Waals surface area contributed by atoms with Gasteiger partial charge in [0.25, 0.3) is 0 Å². The van der Waals surface area contributed by atoms with Crippen molar-refractivity contribution in [3.63, 3.8) is 0 Å². The average Bonchev–Trinajstić information content (AvgIpc) is 2.39. The smallest absolute Gasteiger partial charge is 0.410 e. The Morgan fingerprint density at radius 3 is 2.45 bits per heavy atom. The van der Waals surface area contributed by atoms with Crippen LogP contribution in [-0.2, 0) is 11.3 Å². The van der Waals surface area contributed by atoms with E-state index in [-0.39, 0.29) is 12.1 Å². The molecule has 1 aliphatic rings. The van der Waals surface area contributed by atoms with Gasteiger partial charge < -0.3 is 9.64 Å². The Balaban J connectivity index is 1.89. The number of carbonyl (C=O) groups is 1. The molecule has 0 spiro atoms. The fourth-order valence-electron chi connectivity index (χ4n) is 2.62. The fraction of sp³-hybridized carbons (Fsp3) is 0.588. The van der Waals surface area contributed by atoms with E-state index < -0.39 is 5.60 Å². The highest BCUT2D eigenvalue weighted by Crippen LogP contribution is 2.17. The van der Waals surface area contributed by atoms with Crippen molar-refractivity contribution in [3.8, 4) is 0 Å². The van der Waals surface area contributed by atoms with Crippen molar-refractivity contribution in [1.82, 2.24) is 9.80 Å². The van der Waals surface area contributed by atoms with Crippen molar-refractivity contribution in [2.75, 3.05) is 19.6 Å². The van der Waals surface area contributed by atoms with Gasteiger partial charge in [-0.2, -0.15) is 0 Å². The molecule has 1 aliphatic heterocycles. The number of hydrogen-bond donors (Lipinski definition) is 0. The second-order valence-electron chi connectivity index (χ2n) is 6.88. The van der Waals surface area contributed by atoms with Crippen LogP contribution in [0, 0.1) is 3.57 Å². The topological polar surface area (TPSA) is 32.8 Å². The van der Waals surface area contributed by atoms with Gasteiger partial charge in [0.15, 0.2) is 0 Å². The van der Waals surface area contributed by atoms with E-state index in [0.29, 0.717) is 0 Å². The first-order valence-electron chi connectivity index (χ1n) is 7.71. The highest BCUT2D eigenvalue weighted by molar-refractivity contribution is 14.1. The molecule has 0 bridgehead atoms. The van der Waals surface area contributed by atoms with Gasteiger partial charge in [0, 0.05) is 35.8 Å². The largest absolute Gasteiger partial charge is 0.444 e. The second-order valence-corrected chi connectivity index (χ2v) is 8.13. The summed E-state index contributed by atoms with van der Waals surface area (Å²) in [6, 6.07) is 8.79. The molecule has 1 atom stereocenters. The van der Waals surface area contributed by atoms with Crippen LogP contribution in [0.2, 0.25) is 0 Å². The Bertz CT molecular complexity index is 510. The lowest BCUT2D eigenvalue weighted by Gasteiger charge is -2.40. The van der Waals surface area contributed by atoms with Gasteiger partial charge in [0.05, 0.1) is 0 Å². The normalized spacial score (nSPS) is 20.0. The molecule has 1 fully saturated rings. The molecule has 1 amide bonds. The Kier molecular flexibility index (Phi) is 5.71. The van der Waals surface area contributed by atoms with E-state index in [2.05, 4.69) is 58.7 Å². The van der Waals surface area contributed by atoms with E-state index in [4.69, 9.17) is 4.74 Å². The van der Waals surface area contributed by atoms with E-state index in [9.17, 15) is 4.79 Å². The average molecular weight is 416 g/mol. The van der Waals surface area contributed by atoms with Crippen LogP contribution < -0.4 is 0 Å². The number of piperazine rings is 1. The van der Waals surface area contributed by atoms with E-state index in [0.717, 1.165) is 26.2 Å². The minimum atomic E-state index is -0.435. The Labute approximate surface area is 146 Å². The number of hydrogen-bond acceptors (Lipinski definition) is 3. The molecule has 0 radical (unpaired) electrons. The van der Waals surface area contributed by atoms with Crippen LogP contribution in [0.1, 0.15) is 33.3 Å². The summed E-state index contributed by atoms with van der Waals surface area (Å²) in [6.07, 6.45) is -0.200. The van der Waals surface area contributed by atoms with Crippen LogP contribution in [0.15, 0.2) is 24.3 Å². The van der Waals surface area contributed by atoms with Crippen LogP contribution in [-0.4, -0.2) is 47.2 Å². The Morgan fingerprint density at radius 2 is 1.91 bits per heavy atom. The van der Waals surface area contributed by atoms with Crippen LogP contribution in [0.25, 0.3) is 0 Å². The maximum absolute atomic E-state index is 12.2. The highest BCUT2D eigenvalue weighted by Gasteiger charge is 2.30. The number of nitrogens with zero attached hydrogens (tertiary/aromatic N) is 2. The summed E-state index contributed by atoms with van der Waals surface area (Å²) in [5.41, 5.74) is 0.883. The zero-order chi connectivity index (χ0) is 16.3. The number of rotatable bonds is 2. The predicted octanol–water partition coefficient (Wildman–Crippen LogP) is 3.73. The lowest BCUT2D eigenvalue weighted by atomic mass is 10.1. The fourth-order valence-corrected chi connectivity index (χ4v) is 2.98. The highest BCUT2D eigenvalue weighted by atomic mass is 127. The number of ether oxygens (including phenoxy) is 1. The molecule has 4 nitrogen and oxygen atoms in total. The third kappa shape index (κ3) is 5.12. The van der Waals surface area contributed by atoms with Gasteiger partial charge in [0.2, 0.25) is 0 Å². The first kappa shape index (κ1) is 17.5. The molecule has 5 heteroatoms. The van der Waals surface area contributed by atoms with Gasteiger partial charge in [-0.25, -0.2) is 4.79 Å². The first-order valence-corrected chi connectivity index (χ1v) is 8.79. The standard InChI is InChI=1S/C17H25IN2O2/c1-13-11-19(12-14-5-7-15(18)8-6-14)9-10-20(13)16(21)22-17(2,3)4/h5-8,13H,9-12H2,1-4H3/t13-/m1/s1. The molecule has 1 saturated heterocycles. The summed E-state index contributed by atoms with van der Waals surface area (Å²) < 4.78 is 6.74. The number of halogens is 1. The van der Waals surface area contributed by atoms with Gasteiger partial charge >= 0.3 is 6.09 Å². The summed E-state index contributed by atoms with van der Waals surface area (Å²) in [5, 5.41) is 0. The number of benzene rings is 1. The third-order valence-corrected chi connectivity index (χ3v) is 4.38. The van der Waals surface area contributed by atoms with Crippen LogP contribution >= 0.6 is 22.6 Å². The van der Waals surface area contributed by atoms with Crippen molar-refractivity contribution in [2.24, 2.45) is 0 Å². The second kappa shape index (κ2) is 7.17. The van der Waals surface area contributed by atoms with Crippen molar-refractivity contribution in [1.29, 1.82) is 0 Å². The maximum atomic E-state index is 12.2. The van der Waals surface area contributed by atoms with Crippen LogP contribution in [0.4, 0.5) is 4.79 Å². The molecular weight excluding hydrogens is 391 g/mol. The zero-order valence-electron chi connectivity index (χ0n) is 13.8. The number of carbonyl (C=O) groups excluding carboxylic acids is 1. The molecule has 0 aliphatic carbocycles. The van der Waals surface area contributed by atoms with Crippen LogP contribution in [0.5, 0.6) is 0 Å². The Morgan fingerprint density at radius 1 is 1.27 bits per heavy atom. The Hall–Kier alpha value is -0.820. The first-order chi connectivity index (χ1) is 10.2. The van der Waals surface area contributed by atoms with E-state index in [1.54, 1.807) is 0 Å². The lowest BCUT2D eigenvalue weighted by Crippen LogP contribution is -2.54. The van der Waals surface area contributed by atoms with Crippen molar-refractivity contribution in [3.05, 3.63) is 33.4 Å². The molecule has 0 saturated carbocycles. The van der Waals surface area contributed by atoms with E-state index in [1.165, 1.54) is 9.13 Å². The summed E-state index contributed by atoms with van der Waals surface area (Å²) in [7, 11) is 0. The summed E-state index contributed by atoms with van der Waals surface area (Å²) in [4.78, 5) is 16.5. The number of amides is 1. The maximum Gasteiger partial charge on any atom is 0.410 e. The van der Waals surface area contributed by atoms with Gasteiger partial charge in [-0.3, -0.25) is 4.90 Å². The quantitative estimate of drug-likeness (QED) is 0.689. The molecule has 2 rings (SSSR count). The van der Waals surface area contributed by atoms with Crippen molar-refractivity contribution in [2.45, 2.75) is 45.9 Å². The van der Waals surface area contributed by atoms with E-state index >= 15 is 0 Å². The molecule has 0 N–H and O–H groups in total. The molecule has 0 aromatic heterocycles. The van der Waals surface area contributed by atoms with E-state index in [1.807, 2.05) is 25.7 Å². The zero-order valence-corrected chi connectivity index (χ0v) is 16.0. The van der Waals surface area contributed by atoms with Gasteiger partial charge in [-0.05, 0) is 68.0 Å². The summed E-state index contributed by atoms with van der Waals surface area (Å²) >= 11 is 2.32. The molecule has 1 aromatic rings. The van der Waals surface area contributed by atoms with Crippen LogP contribution in [0.3, 0.4) is 0 Å². The predicted molar refractivity (Wildman–Crippen MR) is 96.8 cm³/mol. The molecular formula is C17H25IN2O2.